The summed E-state index contributed by atoms with van der Waals surface area (Å²) in [5.41, 5.74) is 5.38. The number of rotatable bonds is 8. The molecular formula is C31H40O. The minimum Gasteiger partial charge on any atom is -0.497 e. The Bertz CT molecular complexity index is 895. The Morgan fingerprint density at radius 3 is 2.50 bits per heavy atom. The number of fused-ring (bicyclic) bond motifs is 1. The van der Waals surface area contributed by atoms with Gasteiger partial charge in [0.1, 0.15) is 5.76 Å². The Morgan fingerprint density at radius 1 is 1.12 bits per heavy atom. The van der Waals surface area contributed by atoms with E-state index in [1.165, 1.54) is 31.2 Å². The quantitative estimate of drug-likeness (QED) is 0.229. The molecule has 0 radical (unpaired) electrons. The van der Waals surface area contributed by atoms with Gasteiger partial charge in [0.15, 0.2) is 0 Å². The summed E-state index contributed by atoms with van der Waals surface area (Å²) >= 11 is 0. The summed E-state index contributed by atoms with van der Waals surface area (Å²) in [6, 6.07) is 8.90. The highest BCUT2D eigenvalue weighted by Gasteiger charge is 2.42. The smallest absolute Gasteiger partial charge is 0.118 e. The van der Waals surface area contributed by atoms with Crippen LogP contribution in [0.25, 0.3) is 5.76 Å². The zero-order valence-electron chi connectivity index (χ0n) is 20.2. The first kappa shape index (κ1) is 24.1. The Labute approximate surface area is 196 Å². The molecule has 2 saturated carbocycles. The zero-order chi connectivity index (χ0) is 23.1. The first-order valence-corrected chi connectivity index (χ1v) is 12.1. The molecule has 0 amide bonds. The van der Waals surface area contributed by atoms with E-state index < -0.39 is 0 Å². The summed E-state index contributed by atoms with van der Waals surface area (Å²) in [7, 11) is 1.68. The van der Waals surface area contributed by atoms with Gasteiger partial charge < -0.3 is 4.74 Å². The lowest BCUT2D eigenvalue weighted by molar-refractivity contribution is 0.118. The van der Waals surface area contributed by atoms with Gasteiger partial charge in [-0.25, -0.2) is 0 Å². The molecule has 32 heavy (non-hydrogen) atoms. The molecule has 2 aliphatic rings. The molecule has 1 heteroatoms. The van der Waals surface area contributed by atoms with Crippen molar-refractivity contribution in [2.45, 2.75) is 51.9 Å². The summed E-state index contributed by atoms with van der Waals surface area (Å²) in [5.74, 6) is 4.36. The maximum absolute atomic E-state index is 5.28. The molecule has 1 aromatic rings. The van der Waals surface area contributed by atoms with Crippen molar-refractivity contribution in [3.05, 3.63) is 103 Å². The molecule has 0 N–H and O–H groups in total. The van der Waals surface area contributed by atoms with E-state index in [-0.39, 0.29) is 0 Å². The number of hydrogen-bond acceptors (Lipinski definition) is 1. The first-order valence-electron chi connectivity index (χ1n) is 12.1. The summed E-state index contributed by atoms with van der Waals surface area (Å²) < 4.78 is 5.28. The highest BCUT2D eigenvalue weighted by Crippen LogP contribution is 2.53. The third-order valence-electron chi connectivity index (χ3n) is 7.75. The van der Waals surface area contributed by atoms with E-state index in [2.05, 4.69) is 76.1 Å². The maximum Gasteiger partial charge on any atom is 0.118 e. The maximum atomic E-state index is 5.28. The molecule has 170 valence electrons. The molecule has 0 spiro atoms. The molecule has 3 rings (SSSR count). The van der Waals surface area contributed by atoms with Crippen LogP contribution in [-0.4, -0.2) is 7.11 Å². The molecule has 0 aromatic heterocycles. The van der Waals surface area contributed by atoms with E-state index in [9.17, 15) is 0 Å². The van der Waals surface area contributed by atoms with E-state index in [1.807, 2.05) is 18.2 Å². The highest BCUT2D eigenvalue weighted by molar-refractivity contribution is 5.57. The number of ether oxygens (including phenoxy) is 1. The van der Waals surface area contributed by atoms with Gasteiger partial charge >= 0.3 is 0 Å². The van der Waals surface area contributed by atoms with Crippen molar-refractivity contribution in [3.63, 3.8) is 0 Å². The van der Waals surface area contributed by atoms with Crippen LogP contribution in [0.3, 0.4) is 0 Å². The van der Waals surface area contributed by atoms with Crippen LogP contribution in [0.1, 0.15) is 63.0 Å². The molecule has 5 unspecified atom stereocenters. The van der Waals surface area contributed by atoms with Crippen molar-refractivity contribution in [3.8, 4) is 0 Å². The molecule has 1 aromatic carbocycles. The van der Waals surface area contributed by atoms with Crippen LogP contribution in [0.4, 0.5) is 0 Å². The summed E-state index contributed by atoms with van der Waals surface area (Å²) in [6.07, 6.45) is 19.0. The molecular weight excluding hydrogens is 388 g/mol. The molecule has 2 aliphatic carbocycles. The van der Waals surface area contributed by atoms with Crippen LogP contribution < -0.4 is 0 Å². The van der Waals surface area contributed by atoms with Crippen LogP contribution in [0.2, 0.25) is 0 Å². The SMILES string of the molecule is C=C/C=C(C=C)\C=C/CC1CC(C)C2CC(c3ccc(C(=C)OC)cc3)CCC2/C1=C\C. The average Bonchev–Trinajstić information content (AvgIpc) is 2.83. The molecule has 0 bridgehead atoms. The minimum absolute atomic E-state index is 0.664. The van der Waals surface area contributed by atoms with Crippen LogP contribution in [-0.2, 0) is 4.74 Å². The lowest BCUT2D eigenvalue weighted by atomic mass is 9.57. The molecule has 1 nitrogen and oxygen atoms in total. The lowest BCUT2D eigenvalue weighted by Gasteiger charge is -2.47. The fourth-order valence-corrected chi connectivity index (χ4v) is 6.05. The minimum atomic E-state index is 0.664. The van der Waals surface area contributed by atoms with Gasteiger partial charge in [-0.15, -0.1) is 0 Å². The van der Waals surface area contributed by atoms with Crippen molar-refractivity contribution in [2.24, 2.45) is 23.7 Å². The van der Waals surface area contributed by atoms with Gasteiger partial charge in [-0.3, -0.25) is 0 Å². The van der Waals surface area contributed by atoms with Crippen LogP contribution in [0.5, 0.6) is 0 Å². The second kappa shape index (κ2) is 11.4. The second-order valence-corrected chi connectivity index (χ2v) is 9.47. The number of allylic oxidation sites excluding steroid dienone is 8. The summed E-state index contributed by atoms with van der Waals surface area (Å²) in [4.78, 5) is 0. The molecule has 2 fully saturated rings. The third-order valence-corrected chi connectivity index (χ3v) is 7.75. The molecule has 5 atom stereocenters. The second-order valence-electron chi connectivity index (χ2n) is 9.47. The summed E-state index contributed by atoms with van der Waals surface area (Å²) in [5, 5.41) is 0. The van der Waals surface area contributed by atoms with Crippen LogP contribution in [0, 0.1) is 23.7 Å². The summed E-state index contributed by atoms with van der Waals surface area (Å²) in [6.45, 7) is 16.4. The van der Waals surface area contributed by atoms with Crippen molar-refractivity contribution in [2.75, 3.05) is 7.11 Å². The fourth-order valence-electron chi connectivity index (χ4n) is 6.05. The number of hydrogen-bond donors (Lipinski definition) is 0. The zero-order valence-corrected chi connectivity index (χ0v) is 20.2. The van der Waals surface area contributed by atoms with Gasteiger partial charge in [0.25, 0.3) is 0 Å². The lowest BCUT2D eigenvalue weighted by Crippen LogP contribution is -2.37. The van der Waals surface area contributed by atoms with Crippen molar-refractivity contribution in [1.29, 1.82) is 0 Å². The average molecular weight is 429 g/mol. The Balaban J connectivity index is 1.69. The van der Waals surface area contributed by atoms with Crippen molar-refractivity contribution in [1.82, 2.24) is 0 Å². The monoisotopic (exact) mass is 428 g/mol. The number of benzene rings is 1. The van der Waals surface area contributed by atoms with Crippen LogP contribution >= 0.6 is 0 Å². The third kappa shape index (κ3) is 5.44. The van der Waals surface area contributed by atoms with Gasteiger partial charge in [-0.2, -0.15) is 0 Å². The van der Waals surface area contributed by atoms with Crippen LogP contribution in [0.15, 0.2) is 91.6 Å². The van der Waals surface area contributed by atoms with Gasteiger partial charge in [-0.05, 0) is 79.8 Å². The Morgan fingerprint density at radius 2 is 1.88 bits per heavy atom. The van der Waals surface area contributed by atoms with Crippen molar-refractivity contribution < 1.29 is 4.74 Å². The van der Waals surface area contributed by atoms with E-state index in [4.69, 9.17) is 4.74 Å². The Kier molecular flexibility index (Phi) is 8.56. The topological polar surface area (TPSA) is 9.23 Å². The van der Waals surface area contributed by atoms with Gasteiger partial charge in [0, 0.05) is 5.56 Å². The van der Waals surface area contributed by atoms with E-state index in [1.54, 1.807) is 12.7 Å². The van der Waals surface area contributed by atoms with Crippen molar-refractivity contribution >= 4 is 5.76 Å². The predicted octanol–water partition coefficient (Wildman–Crippen LogP) is 8.65. The van der Waals surface area contributed by atoms with Gasteiger partial charge in [0.05, 0.1) is 7.11 Å². The normalized spacial score (nSPS) is 29.5. The number of methoxy groups -OCH3 is 1. The Hall–Kier alpha value is -2.54. The molecule has 0 heterocycles. The highest BCUT2D eigenvalue weighted by atomic mass is 16.5. The largest absolute Gasteiger partial charge is 0.497 e. The van der Waals surface area contributed by atoms with Gasteiger partial charge in [-0.1, -0.05) is 93.0 Å². The predicted molar refractivity (Wildman–Crippen MR) is 139 cm³/mol. The molecule has 0 aliphatic heterocycles. The standard InChI is InChI=1S/C31H40O/c1-7-11-24(8-2)12-10-13-28-20-22(4)31-21-27(18-19-30(31)29(28)9-3)26-16-14-25(15-17-26)23(5)32-6/h7-12,14-17,22,27-28,30-31H,1-2,5,13,18-21H2,3-4,6H3/b12-10-,24-11-,29-9-. The van der Waals surface area contributed by atoms with Gasteiger partial charge in [0.2, 0.25) is 0 Å². The van der Waals surface area contributed by atoms with E-state index in [0.29, 0.717) is 11.8 Å². The van der Waals surface area contributed by atoms with E-state index in [0.717, 1.165) is 41.1 Å². The molecule has 0 saturated heterocycles. The fraction of sp³-hybridized carbons (Fsp3) is 0.419. The first-order chi connectivity index (χ1) is 15.5. The van der Waals surface area contributed by atoms with E-state index >= 15 is 0 Å².